The van der Waals surface area contributed by atoms with Crippen LogP contribution >= 0.6 is 0 Å². The summed E-state index contributed by atoms with van der Waals surface area (Å²) in [5.41, 5.74) is 2.05. The van der Waals surface area contributed by atoms with Crippen LogP contribution in [0.2, 0.25) is 0 Å². The molecule has 0 radical (unpaired) electrons. The van der Waals surface area contributed by atoms with E-state index < -0.39 is 28.9 Å². The molecule has 0 aliphatic carbocycles. The van der Waals surface area contributed by atoms with Gasteiger partial charge in [0.05, 0.1) is 6.54 Å². The van der Waals surface area contributed by atoms with E-state index in [9.17, 15) is 17.8 Å². The van der Waals surface area contributed by atoms with Crippen molar-refractivity contribution in [2.75, 3.05) is 34.8 Å². The van der Waals surface area contributed by atoms with Crippen LogP contribution < -0.4 is 10.2 Å². The Morgan fingerprint density at radius 2 is 1.95 bits per heavy atom. The summed E-state index contributed by atoms with van der Waals surface area (Å²) < 4.78 is 57.6. The molecule has 38 heavy (non-hydrogen) atoms. The molecule has 4 rings (SSSR count). The third kappa shape index (κ3) is 6.21. The van der Waals surface area contributed by atoms with Gasteiger partial charge in [-0.2, -0.15) is 8.78 Å². The normalized spacial score (nSPS) is 14.2. The molecule has 3 aromatic rings. The van der Waals surface area contributed by atoms with Crippen LogP contribution in [0.15, 0.2) is 40.8 Å². The molecule has 0 atom stereocenters. The Morgan fingerprint density at radius 3 is 2.55 bits per heavy atom. The van der Waals surface area contributed by atoms with Gasteiger partial charge in [-0.3, -0.25) is 9.11 Å². The summed E-state index contributed by atoms with van der Waals surface area (Å²) >= 11 is 0. The first kappa shape index (κ1) is 27.3. The number of alkyl halides is 2. The van der Waals surface area contributed by atoms with Gasteiger partial charge < -0.3 is 20.0 Å². The van der Waals surface area contributed by atoms with E-state index in [1.165, 1.54) is 23.2 Å². The number of halogens is 3. The second-order valence-electron chi connectivity index (χ2n) is 8.97. The zero-order valence-electron chi connectivity index (χ0n) is 20.8. The number of carbonyl (C=O) groups excluding carboxylic acids is 1. The molecule has 2 N–H and O–H groups in total. The predicted octanol–water partition coefficient (Wildman–Crippen LogP) is 4.82. The minimum atomic E-state index is -2.94. The Hall–Kier alpha value is -3.74. The van der Waals surface area contributed by atoms with Gasteiger partial charge in [0, 0.05) is 75.7 Å². The highest BCUT2D eigenvalue weighted by molar-refractivity contribution is 7.85. The Kier molecular flexibility index (Phi) is 8.45. The molecule has 1 fully saturated rings. The fourth-order valence-electron chi connectivity index (χ4n) is 3.96. The highest BCUT2D eigenvalue weighted by atomic mass is 32.2. The van der Waals surface area contributed by atoms with Gasteiger partial charge in [-0.25, -0.2) is 9.18 Å². The van der Waals surface area contributed by atoms with Gasteiger partial charge in [0.1, 0.15) is 5.82 Å². The molecule has 202 valence electrons. The monoisotopic (exact) mass is 548 g/mol. The van der Waals surface area contributed by atoms with Crippen LogP contribution in [0.4, 0.5) is 29.3 Å². The molecule has 2 heterocycles. The molecule has 2 aromatic carbocycles. The Balaban J connectivity index is 1.67. The predicted molar refractivity (Wildman–Crippen MR) is 139 cm³/mol. The van der Waals surface area contributed by atoms with E-state index in [-0.39, 0.29) is 35.6 Å². The Bertz CT molecular complexity index is 1340. The van der Waals surface area contributed by atoms with E-state index in [1.807, 2.05) is 13.8 Å². The van der Waals surface area contributed by atoms with Gasteiger partial charge in [0.15, 0.2) is 0 Å². The van der Waals surface area contributed by atoms with E-state index in [2.05, 4.69) is 15.5 Å². The van der Waals surface area contributed by atoms with E-state index in [1.54, 1.807) is 23.1 Å². The maximum absolute atomic E-state index is 15.2. The summed E-state index contributed by atoms with van der Waals surface area (Å²) in [7, 11) is -0.988. The third-order valence-corrected chi connectivity index (χ3v) is 7.16. The fraction of sp³-hybridized carbons (Fsp3) is 0.360. The summed E-state index contributed by atoms with van der Waals surface area (Å²) in [6.45, 7) is 4.37. The van der Waals surface area contributed by atoms with E-state index in [4.69, 9.17) is 9.83 Å². The number of amides is 2. The number of carbonyl (C=O) groups is 1. The molecule has 2 amide bonds. The van der Waals surface area contributed by atoms with Gasteiger partial charge in [0.25, 0.3) is 5.89 Å². The zero-order valence-corrected chi connectivity index (χ0v) is 21.6. The van der Waals surface area contributed by atoms with Gasteiger partial charge in [-0.05, 0) is 44.2 Å². The van der Waals surface area contributed by atoms with E-state index in [0.717, 1.165) is 6.07 Å². The van der Waals surface area contributed by atoms with Crippen LogP contribution in [0.3, 0.4) is 0 Å². The molecule has 1 aliphatic heterocycles. The molecule has 0 unspecified atom stereocenters. The first-order chi connectivity index (χ1) is 18.2. The Morgan fingerprint density at radius 1 is 1.21 bits per heavy atom. The second kappa shape index (κ2) is 11.8. The molecule has 1 saturated heterocycles. The zero-order chi connectivity index (χ0) is 27.4. The topological polar surface area (TPSA) is 115 Å². The summed E-state index contributed by atoms with van der Waals surface area (Å²) in [5, 5.41) is 17.8. The summed E-state index contributed by atoms with van der Waals surface area (Å²) in [6.07, 6.45) is -1.74. The second-order valence-corrected chi connectivity index (χ2v) is 10.7. The van der Waals surface area contributed by atoms with E-state index in [0.29, 0.717) is 41.5 Å². The van der Waals surface area contributed by atoms with Crippen LogP contribution in [0.5, 0.6) is 0 Å². The molecule has 13 heteroatoms. The molecule has 9 nitrogen and oxygen atoms in total. The molecule has 0 bridgehead atoms. The number of rotatable bonds is 8. The van der Waals surface area contributed by atoms with Crippen molar-refractivity contribution >= 4 is 34.4 Å². The third-order valence-electron chi connectivity index (χ3n) is 5.88. The van der Waals surface area contributed by atoms with Gasteiger partial charge in [-0.1, -0.05) is 6.07 Å². The van der Waals surface area contributed by atoms with Crippen molar-refractivity contribution in [2.45, 2.75) is 32.9 Å². The summed E-state index contributed by atoms with van der Waals surface area (Å²) in [4.78, 5) is 16.6. The van der Waals surface area contributed by atoms with E-state index >= 15 is 4.39 Å². The van der Waals surface area contributed by atoms with Crippen molar-refractivity contribution < 1.29 is 26.6 Å². The minimum Gasteiger partial charge on any atom is -0.415 e. The molecular formula is C25H27F3N6O3S. The first-order valence-corrected chi connectivity index (χ1v) is 13.4. The van der Waals surface area contributed by atoms with Crippen LogP contribution in [0.1, 0.15) is 37.3 Å². The quantitative estimate of drug-likeness (QED) is 0.390. The Labute approximate surface area is 220 Å². The lowest BCUT2D eigenvalue weighted by atomic mass is 10.1. The SMILES string of the molecule is CC(C)Nc1cc(N(Cc2ccc(-c3nnc(C(F)F)o3)cc2F)C(=O)N2CCS(=O)CC2)ccc1C=N. The van der Waals surface area contributed by atoms with Crippen LogP contribution in [0.25, 0.3) is 11.5 Å². The number of benzene rings is 2. The molecule has 1 aromatic heterocycles. The highest BCUT2D eigenvalue weighted by Gasteiger charge is 2.27. The average Bonchev–Trinajstić information content (AvgIpc) is 3.39. The number of anilines is 2. The number of hydrogen-bond donors (Lipinski definition) is 2. The van der Waals surface area contributed by atoms with Gasteiger partial charge >= 0.3 is 12.5 Å². The minimum absolute atomic E-state index is 0.0606. The number of urea groups is 1. The molecule has 1 aliphatic rings. The molecular weight excluding hydrogens is 521 g/mol. The smallest absolute Gasteiger partial charge is 0.324 e. The number of aromatic nitrogens is 2. The summed E-state index contributed by atoms with van der Waals surface area (Å²) in [5.74, 6) is -1.07. The first-order valence-electron chi connectivity index (χ1n) is 11.9. The maximum atomic E-state index is 15.2. The number of hydrogen-bond acceptors (Lipinski definition) is 7. The lowest BCUT2D eigenvalue weighted by Crippen LogP contribution is -2.48. The molecule has 0 spiro atoms. The molecule has 0 saturated carbocycles. The number of nitrogens with one attached hydrogen (secondary N) is 2. The largest absolute Gasteiger partial charge is 0.415 e. The van der Waals surface area contributed by atoms with Gasteiger partial charge in [-0.15, -0.1) is 10.2 Å². The number of nitrogens with zero attached hydrogens (tertiary/aromatic N) is 4. The van der Waals surface area contributed by atoms with Crippen molar-refractivity contribution in [1.29, 1.82) is 5.41 Å². The lowest BCUT2D eigenvalue weighted by Gasteiger charge is -2.33. The van der Waals surface area contributed by atoms with Crippen molar-refractivity contribution in [3.05, 3.63) is 59.2 Å². The van der Waals surface area contributed by atoms with Crippen LogP contribution in [0, 0.1) is 11.2 Å². The van der Waals surface area contributed by atoms with Crippen molar-refractivity contribution in [2.24, 2.45) is 0 Å². The average molecular weight is 549 g/mol. The highest BCUT2D eigenvalue weighted by Crippen LogP contribution is 2.29. The van der Waals surface area contributed by atoms with Crippen molar-refractivity contribution in [3.8, 4) is 11.5 Å². The fourth-order valence-corrected chi connectivity index (χ4v) is 5.01. The van der Waals surface area contributed by atoms with Crippen molar-refractivity contribution in [1.82, 2.24) is 15.1 Å². The van der Waals surface area contributed by atoms with Gasteiger partial charge in [0.2, 0.25) is 5.89 Å². The van der Waals surface area contributed by atoms with Crippen LogP contribution in [-0.2, 0) is 17.3 Å². The standard InChI is InChI=1S/C25H27F3N6O3S/c1-15(2)30-21-12-19(6-5-17(21)13-29)34(25(35)33-7-9-38(36)10-8-33)14-18-4-3-16(11-20(18)26)23-31-32-24(37-23)22(27)28/h3-6,11-13,15,22,29-30H,7-10,14H2,1-2H3. The maximum Gasteiger partial charge on any atom is 0.324 e. The van der Waals surface area contributed by atoms with Crippen molar-refractivity contribution in [3.63, 3.8) is 0 Å². The lowest BCUT2D eigenvalue weighted by molar-refractivity contribution is 0.116. The van der Waals surface area contributed by atoms with Crippen LogP contribution in [-0.4, -0.2) is 62.2 Å². The summed E-state index contributed by atoms with van der Waals surface area (Å²) in [6, 6.07) is 8.79.